The van der Waals surface area contributed by atoms with E-state index >= 15 is 0 Å². The number of aromatic nitrogens is 1. The van der Waals surface area contributed by atoms with Crippen molar-refractivity contribution in [2.75, 3.05) is 45.7 Å². The van der Waals surface area contributed by atoms with Crippen LogP contribution >= 0.6 is 34.3 Å². The number of nitrogens with zero attached hydrogens (tertiary/aromatic N) is 3. The van der Waals surface area contributed by atoms with E-state index in [2.05, 4.69) is 27.6 Å². The smallest absolute Gasteiger partial charge is 0.261 e. The van der Waals surface area contributed by atoms with Gasteiger partial charge in [0.15, 0.2) is 5.13 Å². The molecule has 1 fully saturated rings. The number of likely N-dealkylation sites (N-methyl/N-ethyl adjacent to an activating group) is 1. The Hall–Kier alpha value is -1.56. The molecule has 2 N–H and O–H groups in total. The minimum Gasteiger partial charge on any atom is -0.378 e. The molecule has 0 aliphatic carbocycles. The first kappa shape index (κ1) is 21.7. The minimum atomic E-state index is -0.195. The number of carbonyl (C=O) groups is 2. The van der Waals surface area contributed by atoms with Crippen molar-refractivity contribution in [3.63, 3.8) is 0 Å². The number of hydrogen-bond donors (Lipinski definition) is 2. The number of amides is 2. The van der Waals surface area contributed by atoms with Crippen molar-refractivity contribution >= 4 is 51.2 Å². The van der Waals surface area contributed by atoms with Crippen molar-refractivity contribution in [1.82, 2.24) is 20.1 Å². The maximum absolute atomic E-state index is 12.6. The summed E-state index contributed by atoms with van der Waals surface area (Å²) in [4.78, 5) is 35.6. The third kappa shape index (κ3) is 5.01. The van der Waals surface area contributed by atoms with Crippen LogP contribution in [-0.4, -0.2) is 79.1 Å². The number of likely N-dealkylation sites (tertiary alicyclic amines) is 1. The molecule has 4 heterocycles. The summed E-state index contributed by atoms with van der Waals surface area (Å²) in [7, 11) is 3.70. The fourth-order valence-corrected chi connectivity index (χ4v) is 5.82. The number of anilines is 1. The number of methoxy groups -OCH3 is 1. The molecule has 162 valence electrons. The summed E-state index contributed by atoms with van der Waals surface area (Å²) in [5, 5.41) is 6.58. The maximum atomic E-state index is 12.6. The number of rotatable bonds is 6. The van der Waals surface area contributed by atoms with Gasteiger partial charge in [-0.05, 0) is 19.2 Å². The molecular formula is C19H24ClN5O3S2. The zero-order valence-electron chi connectivity index (χ0n) is 16.8. The molecule has 8 nitrogen and oxygen atoms in total. The van der Waals surface area contributed by atoms with Crippen LogP contribution in [-0.2, 0) is 22.5 Å². The van der Waals surface area contributed by atoms with Gasteiger partial charge in [0, 0.05) is 44.6 Å². The van der Waals surface area contributed by atoms with Gasteiger partial charge in [0.05, 0.1) is 33.6 Å². The zero-order chi connectivity index (χ0) is 21.3. The average Bonchev–Trinajstić information content (AvgIpc) is 3.39. The van der Waals surface area contributed by atoms with Crippen molar-refractivity contribution in [3.05, 3.63) is 31.9 Å². The minimum absolute atomic E-state index is 0.110. The molecule has 2 aliphatic rings. The quantitative estimate of drug-likeness (QED) is 0.672. The maximum Gasteiger partial charge on any atom is 0.261 e. The summed E-state index contributed by atoms with van der Waals surface area (Å²) in [6.07, 6.45) is 0.733. The van der Waals surface area contributed by atoms with Crippen molar-refractivity contribution in [2.24, 2.45) is 0 Å². The van der Waals surface area contributed by atoms with Gasteiger partial charge in [-0.15, -0.1) is 22.7 Å². The van der Waals surface area contributed by atoms with Crippen LogP contribution < -0.4 is 10.6 Å². The van der Waals surface area contributed by atoms with E-state index in [1.807, 2.05) is 4.90 Å². The Morgan fingerprint density at radius 3 is 2.90 bits per heavy atom. The van der Waals surface area contributed by atoms with Crippen molar-refractivity contribution < 1.29 is 14.3 Å². The summed E-state index contributed by atoms with van der Waals surface area (Å²) in [6.45, 7) is 3.19. The molecule has 0 spiro atoms. The third-order valence-corrected chi connectivity index (χ3v) is 7.52. The highest BCUT2D eigenvalue weighted by Gasteiger charge is 2.35. The predicted molar refractivity (Wildman–Crippen MR) is 119 cm³/mol. The molecule has 2 aromatic heterocycles. The zero-order valence-corrected chi connectivity index (χ0v) is 19.2. The Morgan fingerprint density at radius 2 is 2.17 bits per heavy atom. The molecule has 0 unspecified atom stereocenters. The van der Waals surface area contributed by atoms with Crippen LogP contribution in [0.2, 0.25) is 4.34 Å². The number of fused-ring (bicyclic) bond motifs is 1. The molecule has 2 amide bonds. The lowest BCUT2D eigenvalue weighted by Crippen LogP contribution is -2.43. The van der Waals surface area contributed by atoms with Gasteiger partial charge in [-0.2, -0.15) is 0 Å². The lowest BCUT2D eigenvalue weighted by atomic mass is 10.2. The third-order valence-electron chi connectivity index (χ3n) is 5.29. The number of halogens is 1. The Balaban J connectivity index is 1.31. The van der Waals surface area contributed by atoms with E-state index in [-0.39, 0.29) is 30.5 Å². The van der Waals surface area contributed by atoms with Crippen molar-refractivity contribution in [2.45, 2.75) is 25.1 Å². The van der Waals surface area contributed by atoms with Crippen molar-refractivity contribution in [3.8, 4) is 0 Å². The number of ether oxygens (including phenoxy) is 1. The highest BCUT2D eigenvalue weighted by molar-refractivity contribution is 7.18. The summed E-state index contributed by atoms with van der Waals surface area (Å²) < 4.78 is 6.11. The molecule has 1 saturated heterocycles. The van der Waals surface area contributed by atoms with E-state index < -0.39 is 0 Å². The van der Waals surface area contributed by atoms with Crippen LogP contribution in [0.25, 0.3) is 0 Å². The van der Waals surface area contributed by atoms with Crippen LogP contribution in [0.3, 0.4) is 0 Å². The first-order valence-corrected chi connectivity index (χ1v) is 11.7. The van der Waals surface area contributed by atoms with Gasteiger partial charge in [0.1, 0.15) is 0 Å². The summed E-state index contributed by atoms with van der Waals surface area (Å²) in [5.41, 5.74) is 1.09. The van der Waals surface area contributed by atoms with Gasteiger partial charge in [0.2, 0.25) is 5.91 Å². The lowest BCUT2D eigenvalue weighted by molar-refractivity contribution is -0.117. The van der Waals surface area contributed by atoms with Crippen LogP contribution in [0, 0.1) is 0 Å². The van der Waals surface area contributed by atoms with E-state index in [1.54, 1.807) is 30.6 Å². The fourth-order valence-electron chi connectivity index (χ4n) is 3.77. The summed E-state index contributed by atoms with van der Waals surface area (Å²) in [5.74, 6) is -0.287. The van der Waals surface area contributed by atoms with E-state index in [0.29, 0.717) is 27.4 Å². The molecule has 0 saturated carbocycles. The van der Waals surface area contributed by atoms with Crippen LogP contribution in [0.5, 0.6) is 0 Å². The normalized spacial score (nSPS) is 22.1. The second-order valence-electron chi connectivity index (χ2n) is 7.58. The van der Waals surface area contributed by atoms with Gasteiger partial charge in [-0.25, -0.2) is 4.98 Å². The number of hydrogen-bond acceptors (Lipinski definition) is 8. The highest BCUT2D eigenvalue weighted by Crippen LogP contribution is 2.28. The molecule has 11 heteroatoms. The van der Waals surface area contributed by atoms with Crippen LogP contribution in [0.15, 0.2) is 12.1 Å². The van der Waals surface area contributed by atoms with E-state index in [1.165, 1.54) is 16.2 Å². The average molecular weight is 470 g/mol. The first-order valence-electron chi connectivity index (χ1n) is 9.69. The topological polar surface area (TPSA) is 86.8 Å². The molecule has 30 heavy (non-hydrogen) atoms. The molecule has 0 bridgehead atoms. The molecule has 2 atom stereocenters. The number of thiophene rings is 1. The molecule has 0 aromatic carbocycles. The van der Waals surface area contributed by atoms with Gasteiger partial charge in [-0.3, -0.25) is 14.5 Å². The molecule has 2 aromatic rings. The number of thiazole rings is 1. The first-order chi connectivity index (χ1) is 14.4. The standard InChI is InChI=1S/C19H24ClN5O3S2/c1-24-6-5-11-15(9-24)30-19(22-11)23-17(26)10-25-7-12(13(8-25)28-2)21-18(27)14-3-4-16(20)29-14/h3-4,12-13H,5-10H2,1-2H3,(H,21,27)(H,22,23,26)/t12-,13-/m0/s1. The van der Waals surface area contributed by atoms with Crippen molar-refractivity contribution in [1.29, 1.82) is 0 Å². The predicted octanol–water partition coefficient (Wildman–Crippen LogP) is 1.91. The lowest BCUT2D eigenvalue weighted by Gasteiger charge is -2.20. The molecule has 0 radical (unpaired) electrons. The Morgan fingerprint density at radius 1 is 1.33 bits per heavy atom. The summed E-state index contributed by atoms with van der Waals surface area (Å²) in [6, 6.07) is 3.21. The Kier molecular flexibility index (Phi) is 6.71. The summed E-state index contributed by atoms with van der Waals surface area (Å²) >= 11 is 8.70. The molecular weight excluding hydrogens is 446 g/mol. The molecule has 4 rings (SSSR count). The number of carbonyl (C=O) groups excluding carboxylic acids is 2. The van der Waals surface area contributed by atoms with E-state index in [0.717, 1.165) is 25.2 Å². The molecule has 2 aliphatic heterocycles. The Labute approximate surface area is 188 Å². The SMILES string of the molecule is CO[C@H]1CN(CC(=O)Nc2nc3c(s2)CN(C)CC3)C[C@@H]1NC(=O)c1ccc(Cl)s1. The van der Waals surface area contributed by atoms with Crippen LogP contribution in [0.4, 0.5) is 5.13 Å². The largest absolute Gasteiger partial charge is 0.378 e. The highest BCUT2D eigenvalue weighted by atomic mass is 35.5. The monoisotopic (exact) mass is 469 g/mol. The number of nitrogens with one attached hydrogen (secondary N) is 2. The second-order valence-corrected chi connectivity index (χ2v) is 10.4. The van der Waals surface area contributed by atoms with Gasteiger partial charge < -0.3 is 20.3 Å². The van der Waals surface area contributed by atoms with Gasteiger partial charge in [-0.1, -0.05) is 11.6 Å². The van der Waals surface area contributed by atoms with Crippen LogP contribution in [0.1, 0.15) is 20.2 Å². The van der Waals surface area contributed by atoms with E-state index in [9.17, 15) is 9.59 Å². The fraction of sp³-hybridized carbons (Fsp3) is 0.526. The Bertz CT molecular complexity index is 933. The van der Waals surface area contributed by atoms with Gasteiger partial charge >= 0.3 is 0 Å². The van der Waals surface area contributed by atoms with Gasteiger partial charge in [0.25, 0.3) is 5.91 Å². The van der Waals surface area contributed by atoms with E-state index in [4.69, 9.17) is 16.3 Å². The second kappa shape index (κ2) is 9.29.